The van der Waals surface area contributed by atoms with Crippen LogP contribution >= 0.6 is 11.6 Å². The van der Waals surface area contributed by atoms with Crippen LogP contribution in [0.3, 0.4) is 0 Å². The summed E-state index contributed by atoms with van der Waals surface area (Å²) in [6.45, 7) is 3.25. The normalized spacial score (nSPS) is 15.4. The number of piperazine rings is 1. The maximum Gasteiger partial charge on any atom is 0.271 e. The predicted molar refractivity (Wildman–Crippen MR) is 78.5 cm³/mol. The highest BCUT2D eigenvalue weighted by Gasteiger charge is 2.19. The molecule has 1 aromatic carbocycles. The SMILES string of the molecule is O=c1cnnc(N2CCN(c3cccc(Cl)c3)CC2)[nH]1. The monoisotopic (exact) mass is 291 g/mol. The minimum atomic E-state index is -0.229. The van der Waals surface area contributed by atoms with Crippen LogP contribution in [-0.2, 0) is 0 Å². The molecule has 1 N–H and O–H groups in total. The molecule has 2 aromatic rings. The molecule has 0 amide bonds. The summed E-state index contributed by atoms with van der Waals surface area (Å²) < 4.78 is 0. The van der Waals surface area contributed by atoms with Crippen molar-refractivity contribution in [3.8, 4) is 0 Å². The lowest BCUT2D eigenvalue weighted by molar-refractivity contribution is 0.633. The van der Waals surface area contributed by atoms with Crippen molar-refractivity contribution >= 4 is 23.2 Å². The highest BCUT2D eigenvalue weighted by molar-refractivity contribution is 6.30. The maximum absolute atomic E-state index is 11.2. The Hall–Kier alpha value is -2.08. The number of hydrogen-bond acceptors (Lipinski definition) is 5. The van der Waals surface area contributed by atoms with E-state index in [4.69, 9.17) is 11.6 Å². The second kappa shape index (κ2) is 5.50. The molecule has 20 heavy (non-hydrogen) atoms. The molecular weight excluding hydrogens is 278 g/mol. The summed E-state index contributed by atoms with van der Waals surface area (Å²) in [5, 5.41) is 8.38. The molecule has 1 aromatic heterocycles. The fraction of sp³-hybridized carbons (Fsp3) is 0.308. The summed E-state index contributed by atoms with van der Waals surface area (Å²) in [6, 6.07) is 7.82. The Kier molecular flexibility index (Phi) is 3.56. The summed E-state index contributed by atoms with van der Waals surface area (Å²) in [5.41, 5.74) is 0.886. The standard InChI is InChI=1S/C13H14ClN5O/c14-10-2-1-3-11(8-10)18-4-6-19(7-5-18)13-16-12(20)9-15-17-13/h1-3,8-9H,4-7H2,(H,16,17,20). The first kappa shape index (κ1) is 12.9. The van der Waals surface area contributed by atoms with Crippen LogP contribution in [0.25, 0.3) is 0 Å². The van der Waals surface area contributed by atoms with Crippen LogP contribution in [0.1, 0.15) is 0 Å². The summed E-state index contributed by atoms with van der Waals surface area (Å²) in [6.07, 6.45) is 1.17. The van der Waals surface area contributed by atoms with E-state index < -0.39 is 0 Å². The van der Waals surface area contributed by atoms with Crippen LogP contribution < -0.4 is 15.4 Å². The second-order valence-electron chi connectivity index (χ2n) is 4.61. The van der Waals surface area contributed by atoms with Gasteiger partial charge in [0.25, 0.3) is 5.56 Å². The summed E-state index contributed by atoms with van der Waals surface area (Å²) in [5.74, 6) is 0.531. The van der Waals surface area contributed by atoms with E-state index in [0.29, 0.717) is 5.95 Å². The molecule has 3 rings (SSSR count). The molecule has 1 aliphatic heterocycles. The van der Waals surface area contributed by atoms with E-state index in [-0.39, 0.29) is 5.56 Å². The van der Waals surface area contributed by atoms with E-state index in [2.05, 4.69) is 20.1 Å². The van der Waals surface area contributed by atoms with Crippen LogP contribution in [0.4, 0.5) is 11.6 Å². The van der Waals surface area contributed by atoms with Gasteiger partial charge in [-0.05, 0) is 18.2 Å². The third-order valence-electron chi connectivity index (χ3n) is 3.32. The molecule has 1 fully saturated rings. The quantitative estimate of drug-likeness (QED) is 0.899. The van der Waals surface area contributed by atoms with Gasteiger partial charge in [-0.15, -0.1) is 10.2 Å². The first-order chi connectivity index (χ1) is 9.72. The molecule has 0 spiro atoms. The molecule has 1 saturated heterocycles. The van der Waals surface area contributed by atoms with Crippen LogP contribution in [-0.4, -0.2) is 41.4 Å². The van der Waals surface area contributed by atoms with Gasteiger partial charge in [0, 0.05) is 36.9 Å². The van der Waals surface area contributed by atoms with Gasteiger partial charge in [0.05, 0.1) is 0 Å². The smallest absolute Gasteiger partial charge is 0.271 e. The van der Waals surface area contributed by atoms with Crippen LogP contribution in [0.5, 0.6) is 0 Å². The van der Waals surface area contributed by atoms with Gasteiger partial charge in [-0.3, -0.25) is 9.78 Å². The van der Waals surface area contributed by atoms with E-state index in [1.54, 1.807) is 0 Å². The molecule has 2 heterocycles. The summed E-state index contributed by atoms with van der Waals surface area (Å²) in [4.78, 5) is 18.2. The lowest BCUT2D eigenvalue weighted by atomic mass is 10.2. The second-order valence-corrected chi connectivity index (χ2v) is 5.05. The van der Waals surface area contributed by atoms with Crippen molar-refractivity contribution in [1.82, 2.24) is 15.2 Å². The van der Waals surface area contributed by atoms with Crippen molar-refractivity contribution in [2.45, 2.75) is 0 Å². The van der Waals surface area contributed by atoms with Crippen molar-refractivity contribution in [1.29, 1.82) is 0 Å². The van der Waals surface area contributed by atoms with Gasteiger partial charge in [0.1, 0.15) is 6.20 Å². The van der Waals surface area contributed by atoms with Crippen molar-refractivity contribution in [2.24, 2.45) is 0 Å². The average Bonchev–Trinajstić information content (AvgIpc) is 2.47. The Morgan fingerprint density at radius 1 is 1.15 bits per heavy atom. The van der Waals surface area contributed by atoms with Crippen LogP contribution in [0, 0.1) is 0 Å². The van der Waals surface area contributed by atoms with Crippen LogP contribution in [0.15, 0.2) is 35.3 Å². The number of aromatic amines is 1. The van der Waals surface area contributed by atoms with Crippen LogP contribution in [0.2, 0.25) is 5.02 Å². The lowest BCUT2D eigenvalue weighted by Gasteiger charge is -2.36. The molecule has 0 unspecified atom stereocenters. The van der Waals surface area contributed by atoms with Gasteiger partial charge in [0.2, 0.25) is 5.95 Å². The Labute approximate surface area is 121 Å². The molecule has 0 aliphatic carbocycles. The third kappa shape index (κ3) is 2.75. The highest BCUT2D eigenvalue weighted by atomic mass is 35.5. The van der Waals surface area contributed by atoms with Crippen molar-refractivity contribution in [2.75, 3.05) is 36.0 Å². The van der Waals surface area contributed by atoms with E-state index in [1.807, 2.05) is 29.2 Å². The topological polar surface area (TPSA) is 65.1 Å². The summed E-state index contributed by atoms with van der Waals surface area (Å²) in [7, 11) is 0. The Morgan fingerprint density at radius 3 is 2.60 bits per heavy atom. The average molecular weight is 292 g/mol. The van der Waals surface area contributed by atoms with Crippen molar-refractivity contribution < 1.29 is 0 Å². The fourth-order valence-corrected chi connectivity index (χ4v) is 2.48. The number of hydrogen-bond donors (Lipinski definition) is 1. The molecule has 0 bridgehead atoms. The number of anilines is 2. The minimum Gasteiger partial charge on any atom is -0.368 e. The Morgan fingerprint density at radius 2 is 1.90 bits per heavy atom. The van der Waals surface area contributed by atoms with Gasteiger partial charge in [0.15, 0.2) is 0 Å². The zero-order valence-electron chi connectivity index (χ0n) is 10.8. The first-order valence-electron chi connectivity index (χ1n) is 6.40. The molecule has 104 valence electrons. The molecular formula is C13H14ClN5O. The van der Waals surface area contributed by atoms with E-state index in [0.717, 1.165) is 36.9 Å². The molecule has 0 radical (unpaired) electrons. The van der Waals surface area contributed by atoms with Gasteiger partial charge in [-0.1, -0.05) is 17.7 Å². The number of benzene rings is 1. The Bertz CT molecular complexity index is 651. The minimum absolute atomic E-state index is 0.229. The number of halogens is 1. The predicted octanol–water partition coefficient (Wildman–Crippen LogP) is 1.14. The van der Waals surface area contributed by atoms with E-state index in [9.17, 15) is 4.79 Å². The van der Waals surface area contributed by atoms with Gasteiger partial charge < -0.3 is 9.80 Å². The van der Waals surface area contributed by atoms with Gasteiger partial charge in [-0.2, -0.15) is 0 Å². The fourth-order valence-electron chi connectivity index (χ4n) is 2.30. The summed E-state index contributed by atoms with van der Waals surface area (Å²) >= 11 is 6.01. The molecule has 0 saturated carbocycles. The Balaban J connectivity index is 1.69. The van der Waals surface area contributed by atoms with Crippen molar-refractivity contribution in [3.05, 3.63) is 45.8 Å². The van der Waals surface area contributed by atoms with Crippen molar-refractivity contribution in [3.63, 3.8) is 0 Å². The molecule has 1 aliphatic rings. The number of rotatable bonds is 2. The van der Waals surface area contributed by atoms with E-state index in [1.165, 1.54) is 6.20 Å². The lowest BCUT2D eigenvalue weighted by Crippen LogP contribution is -2.47. The largest absolute Gasteiger partial charge is 0.368 e. The molecule has 0 atom stereocenters. The van der Waals surface area contributed by atoms with E-state index >= 15 is 0 Å². The molecule has 6 nitrogen and oxygen atoms in total. The number of nitrogens with one attached hydrogen (secondary N) is 1. The number of aromatic nitrogens is 3. The maximum atomic E-state index is 11.2. The third-order valence-corrected chi connectivity index (χ3v) is 3.55. The number of H-pyrrole nitrogens is 1. The number of nitrogens with zero attached hydrogens (tertiary/aromatic N) is 4. The van der Waals surface area contributed by atoms with Gasteiger partial charge >= 0.3 is 0 Å². The first-order valence-corrected chi connectivity index (χ1v) is 6.78. The molecule has 7 heteroatoms. The zero-order chi connectivity index (χ0) is 13.9. The highest BCUT2D eigenvalue weighted by Crippen LogP contribution is 2.21. The zero-order valence-corrected chi connectivity index (χ0v) is 11.5. The van der Waals surface area contributed by atoms with Gasteiger partial charge in [-0.25, -0.2) is 0 Å².